The molecule has 0 aliphatic heterocycles. The maximum atomic E-state index is 5.07. The van der Waals surface area contributed by atoms with Gasteiger partial charge in [0.15, 0.2) is 5.82 Å². The molecule has 90 valence electrons. The lowest BCUT2D eigenvalue weighted by molar-refractivity contribution is 0.178. The number of hydrogen-bond acceptors (Lipinski definition) is 5. The van der Waals surface area contributed by atoms with Crippen LogP contribution < -0.4 is 5.32 Å². The van der Waals surface area contributed by atoms with Gasteiger partial charge >= 0.3 is 0 Å². The highest BCUT2D eigenvalue weighted by Crippen LogP contribution is 2.31. The molecule has 2 rings (SSSR count). The minimum absolute atomic E-state index is 0.407. The molecule has 1 N–H and O–H groups in total. The molecule has 2 aromatic rings. The van der Waals surface area contributed by atoms with E-state index in [9.17, 15) is 0 Å². The Morgan fingerprint density at radius 3 is 2.82 bits per heavy atom. The number of anilines is 1. The van der Waals surface area contributed by atoms with Crippen molar-refractivity contribution in [3.05, 3.63) is 27.1 Å². The predicted molar refractivity (Wildman–Crippen MR) is 73.3 cm³/mol. The van der Waals surface area contributed by atoms with Crippen LogP contribution in [0.2, 0.25) is 0 Å². The van der Waals surface area contributed by atoms with Crippen molar-refractivity contribution >= 4 is 33.1 Å². The first-order valence-electron chi connectivity index (χ1n) is 5.01. The van der Waals surface area contributed by atoms with Crippen molar-refractivity contribution in [3.63, 3.8) is 0 Å². The third-order valence-electron chi connectivity index (χ3n) is 2.19. The fourth-order valence-corrected chi connectivity index (χ4v) is 2.91. The van der Waals surface area contributed by atoms with Gasteiger partial charge in [0, 0.05) is 41.0 Å². The molecule has 6 heteroatoms. The molecular formula is C11H12BrN3OS. The van der Waals surface area contributed by atoms with E-state index in [1.54, 1.807) is 18.4 Å². The average Bonchev–Trinajstić information content (AvgIpc) is 2.75. The fourth-order valence-electron chi connectivity index (χ4n) is 1.42. The van der Waals surface area contributed by atoms with Crippen LogP contribution in [0.5, 0.6) is 0 Å². The summed E-state index contributed by atoms with van der Waals surface area (Å²) in [6.45, 7) is 0.407. The minimum Gasteiger partial charge on any atom is -0.377 e. The van der Waals surface area contributed by atoms with E-state index >= 15 is 0 Å². The van der Waals surface area contributed by atoms with E-state index in [4.69, 9.17) is 4.74 Å². The number of rotatable bonds is 4. The number of ether oxygens (including phenoxy) is 1. The lowest BCUT2D eigenvalue weighted by Crippen LogP contribution is -2.02. The summed E-state index contributed by atoms with van der Waals surface area (Å²) in [5, 5.41) is 7.12. The Balaban J connectivity index is 2.46. The molecule has 0 bridgehead atoms. The van der Waals surface area contributed by atoms with E-state index in [2.05, 4.69) is 36.6 Å². The molecule has 17 heavy (non-hydrogen) atoms. The molecular weight excluding hydrogens is 302 g/mol. The first kappa shape index (κ1) is 12.5. The van der Waals surface area contributed by atoms with E-state index in [1.807, 2.05) is 18.5 Å². The molecule has 0 aliphatic carbocycles. The van der Waals surface area contributed by atoms with Crippen LogP contribution in [0.25, 0.3) is 11.3 Å². The van der Waals surface area contributed by atoms with Crippen molar-refractivity contribution in [2.24, 2.45) is 0 Å². The van der Waals surface area contributed by atoms with Crippen LogP contribution in [-0.2, 0) is 11.3 Å². The van der Waals surface area contributed by atoms with E-state index in [0.717, 1.165) is 21.5 Å². The number of nitrogens with zero attached hydrogens (tertiary/aromatic N) is 2. The Hall–Kier alpha value is -0.980. The van der Waals surface area contributed by atoms with Crippen LogP contribution in [0.4, 0.5) is 5.82 Å². The zero-order valence-electron chi connectivity index (χ0n) is 9.53. The molecule has 0 radical (unpaired) electrons. The van der Waals surface area contributed by atoms with Gasteiger partial charge < -0.3 is 10.1 Å². The van der Waals surface area contributed by atoms with Gasteiger partial charge in [0.25, 0.3) is 0 Å². The number of halogens is 1. The molecule has 0 saturated carbocycles. The molecule has 2 aromatic heterocycles. The lowest BCUT2D eigenvalue weighted by atomic mass is 10.2. The van der Waals surface area contributed by atoms with E-state index in [0.29, 0.717) is 12.4 Å². The van der Waals surface area contributed by atoms with Gasteiger partial charge in [0.1, 0.15) is 12.4 Å². The van der Waals surface area contributed by atoms with Crippen LogP contribution >= 0.6 is 27.3 Å². The smallest absolute Gasteiger partial charge is 0.157 e. The molecule has 0 unspecified atom stereocenters. The maximum absolute atomic E-state index is 5.07. The van der Waals surface area contributed by atoms with E-state index < -0.39 is 0 Å². The Labute approximate surface area is 112 Å². The van der Waals surface area contributed by atoms with Gasteiger partial charge in [0.2, 0.25) is 0 Å². The summed E-state index contributed by atoms with van der Waals surface area (Å²) < 4.78 is 6.12. The molecule has 0 aromatic carbocycles. The van der Waals surface area contributed by atoms with Crippen molar-refractivity contribution in [2.45, 2.75) is 6.61 Å². The summed E-state index contributed by atoms with van der Waals surface area (Å²) in [7, 11) is 3.47. The number of hydrogen-bond donors (Lipinski definition) is 1. The van der Waals surface area contributed by atoms with Crippen LogP contribution in [0.15, 0.2) is 21.3 Å². The molecule has 4 nitrogen and oxygen atoms in total. The van der Waals surface area contributed by atoms with Gasteiger partial charge in [-0.2, -0.15) is 11.3 Å². The fraction of sp³-hybridized carbons (Fsp3) is 0.273. The Bertz CT molecular complexity index is 515. The quantitative estimate of drug-likeness (QED) is 0.942. The highest BCUT2D eigenvalue weighted by Gasteiger charge is 2.09. The normalized spacial score (nSPS) is 10.5. The first-order valence-corrected chi connectivity index (χ1v) is 6.75. The van der Waals surface area contributed by atoms with Gasteiger partial charge in [-0.15, -0.1) is 0 Å². The second kappa shape index (κ2) is 5.57. The van der Waals surface area contributed by atoms with Crippen molar-refractivity contribution in [1.82, 2.24) is 9.97 Å². The second-order valence-electron chi connectivity index (χ2n) is 3.37. The molecule has 2 heterocycles. The minimum atomic E-state index is 0.407. The van der Waals surface area contributed by atoms with E-state index in [-0.39, 0.29) is 0 Å². The van der Waals surface area contributed by atoms with Crippen LogP contribution in [-0.4, -0.2) is 24.1 Å². The third kappa shape index (κ3) is 2.83. The Morgan fingerprint density at radius 2 is 2.24 bits per heavy atom. The largest absolute Gasteiger partial charge is 0.377 e. The van der Waals surface area contributed by atoms with Gasteiger partial charge in [-0.05, 0) is 15.9 Å². The highest BCUT2D eigenvalue weighted by atomic mass is 79.9. The summed E-state index contributed by atoms with van der Waals surface area (Å²) in [6, 6.07) is 1.92. The zero-order valence-corrected chi connectivity index (χ0v) is 11.9. The van der Waals surface area contributed by atoms with Crippen molar-refractivity contribution in [1.29, 1.82) is 0 Å². The maximum Gasteiger partial charge on any atom is 0.157 e. The number of methoxy groups -OCH3 is 1. The third-order valence-corrected chi connectivity index (χ3v) is 3.90. The number of nitrogens with one attached hydrogen (secondary N) is 1. The van der Waals surface area contributed by atoms with Gasteiger partial charge in [0.05, 0.1) is 5.69 Å². The topological polar surface area (TPSA) is 47.0 Å². The van der Waals surface area contributed by atoms with Crippen molar-refractivity contribution < 1.29 is 4.74 Å². The van der Waals surface area contributed by atoms with E-state index in [1.165, 1.54) is 0 Å². The van der Waals surface area contributed by atoms with Crippen LogP contribution in [0.1, 0.15) is 5.82 Å². The second-order valence-corrected chi connectivity index (χ2v) is 4.97. The predicted octanol–water partition coefficient (Wildman–Crippen LogP) is 3.16. The zero-order chi connectivity index (χ0) is 12.3. The molecule has 0 fully saturated rings. The monoisotopic (exact) mass is 313 g/mol. The van der Waals surface area contributed by atoms with Gasteiger partial charge in [-0.25, -0.2) is 9.97 Å². The van der Waals surface area contributed by atoms with Crippen molar-refractivity contribution in [2.75, 3.05) is 19.5 Å². The Kier molecular flexibility index (Phi) is 4.09. The summed E-state index contributed by atoms with van der Waals surface area (Å²) in [5.41, 5.74) is 1.97. The van der Waals surface area contributed by atoms with Gasteiger partial charge in [-0.1, -0.05) is 0 Å². The summed E-state index contributed by atoms with van der Waals surface area (Å²) >= 11 is 5.15. The molecule has 0 aliphatic rings. The first-order chi connectivity index (χ1) is 8.24. The Morgan fingerprint density at radius 1 is 1.41 bits per heavy atom. The SMILES string of the molecule is CNc1cc(-c2cscc2Br)nc(COC)n1. The van der Waals surface area contributed by atoms with Crippen molar-refractivity contribution in [3.8, 4) is 11.3 Å². The lowest BCUT2D eigenvalue weighted by Gasteiger charge is -2.06. The average molecular weight is 314 g/mol. The molecule has 0 spiro atoms. The standard InChI is InChI=1S/C11H12BrN3OS/c1-13-10-3-9(7-5-17-6-8(7)12)14-11(15-10)4-16-2/h3,5-6H,4H2,1-2H3,(H,13,14,15). The molecule has 0 atom stereocenters. The number of thiophene rings is 1. The number of aromatic nitrogens is 2. The highest BCUT2D eigenvalue weighted by molar-refractivity contribution is 9.10. The molecule has 0 saturated heterocycles. The van der Waals surface area contributed by atoms with Crippen LogP contribution in [0.3, 0.4) is 0 Å². The summed E-state index contributed by atoms with van der Waals surface area (Å²) in [4.78, 5) is 8.80. The molecule has 0 amide bonds. The van der Waals surface area contributed by atoms with Gasteiger partial charge in [-0.3, -0.25) is 0 Å². The summed E-state index contributed by atoms with van der Waals surface area (Å²) in [6.07, 6.45) is 0. The summed E-state index contributed by atoms with van der Waals surface area (Å²) in [5.74, 6) is 1.47. The van der Waals surface area contributed by atoms with Crippen LogP contribution in [0, 0.1) is 0 Å².